The van der Waals surface area contributed by atoms with Crippen molar-refractivity contribution in [2.75, 3.05) is 19.0 Å². The van der Waals surface area contributed by atoms with E-state index in [-0.39, 0.29) is 0 Å². The third-order valence-electron chi connectivity index (χ3n) is 2.61. The van der Waals surface area contributed by atoms with Gasteiger partial charge in [-0.1, -0.05) is 28.1 Å². The molecule has 0 aromatic rings. The van der Waals surface area contributed by atoms with Gasteiger partial charge in [-0.15, -0.1) is 0 Å². The van der Waals surface area contributed by atoms with Crippen LogP contribution >= 0.6 is 15.9 Å². The van der Waals surface area contributed by atoms with Crippen molar-refractivity contribution >= 4 is 15.9 Å². The van der Waals surface area contributed by atoms with E-state index in [0.717, 1.165) is 11.9 Å². The van der Waals surface area contributed by atoms with Gasteiger partial charge in [0.15, 0.2) is 0 Å². The first-order valence-corrected chi connectivity index (χ1v) is 5.65. The molecule has 1 nitrogen and oxygen atoms in total. The van der Waals surface area contributed by atoms with Gasteiger partial charge in [-0.25, -0.2) is 0 Å². The Morgan fingerprint density at radius 2 is 2.08 bits per heavy atom. The minimum absolute atomic E-state index is 0.512. The van der Waals surface area contributed by atoms with Crippen LogP contribution in [0.3, 0.4) is 0 Å². The Bertz CT molecular complexity index is 146. The fraction of sp³-hybridized carbons (Fsp3) is 0.800. The Morgan fingerprint density at radius 1 is 1.42 bits per heavy atom. The van der Waals surface area contributed by atoms with E-state index in [4.69, 9.17) is 4.74 Å². The molecule has 0 aromatic carbocycles. The zero-order chi connectivity index (χ0) is 8.86. The highest BCUT2D eigenvalue weighted by atomic mass is 79.9. The highest BCUT2D eigenvalue weighted by molar-refractivity contribution is 9.09. The van der Waals surface area contributed by atoms with Crippen molar-refractivity contribution in [2.24, 2.45) is 5.41 Å². The van der Waals surface area contributed by atoms with Crippen molar-refractivity contribution in [1.29, 1.82) is 0 Å². The van der Waals surface area contributed by atoms with Crippen LogP contribution in [0.4, 0.5) is 0 Å². The van der Waals surface area contributed by atoms with Gasteiger partial charge in [0.1, 0.15) is 0 Å². The molecule has 1 rings (SSSR count). The fourth-order valence-electron chi connectivity index (χ4n) is 1.72. The number of rotatable bonds is 5. The molecule has 0 N–H and O–H groups in total. The van der Waals surface area contributed by atoms with Gasteiger partial charge >= 0.3 is 0 Å². The van der Waals surface area contributed by atoms with Gasteiger partial charge in [-0.05, 0) is 31.1 Å². The Hall–Kier alpha value is 0.180. The monoisotopic (exact) mass is 232 g/mol. The van der Waals surface area contributed by atoms with E-state index >= 15 is 0 Å². The van der Waals surface area contributed by atoms with E-state index in [1.54, 1.807) is 7.11 Å². The summed E-state index contributed by atoms with van der Waals surface area (Å²) in [5, 5.41) is 1.12. The summed E-state index contributed by atoms with van der Waals surface area (Å²) in [4.78, 5) is 0. The molecule has 1 aliphatic carbocycles. The number of ether oxygens (including phenoxy) is 1. The maximum atomic E-state index is 5.06. The van der Waals surface area contributed by atoms with E-state index in [0.29, 0.717) is 5.41 Å². The molecule has 0 saturated heterocycles. The summed E-state index contributed by atoms with van der Waals surface area (Å²) in [6.45, 7) is 0.898. The first kappa shape index (κ1) is 10.3. The van der Waals surface area contributed by atoms with E-state index in [2.05, 4.69) is 28.1 Å². The predicted octanol–water partition coefficient (Wildman–Crippen LogP) is 3.14. The molecule has 12 heavy (non-hydrogen) atoms. The SMILES string of the molecule is COCCCC1(CBr)CC=CC1. The number of methoxy groups -OCH3 is 1. The Labute approximate surface area is 83.3 Å². The van der Waals surface area contributed by atoms with Crippen molar-refractivity contribution < 1.29 is 4.74 Å². The van der Waals surface area contributed by atoms with E-state index < -0.39 is 0 Å². The molecule has 0 heterocycles. The largest absolute Gasteiger partial charge is 0.385 e. The molecular weight excluding hydrogens is 216 g/mol. The summed E-state index contributed by atoms with van der Waals surface area (Å²) in [5.41, 5.74) is 0.512. The van der Waals surface area contributed by atoms with Crippen molar-refractivity contribution in [1.82, 2.24) is 0 Å². The molecule has 0 radical (unpaired) electrons. The van der Waals surface area contributed by atoms with Gasteiger partial charge in [0, 0.05) is 19.0 Å². The molecule has 0 unspecified atom stereocenters. The third kappa shape index (κ3) is 2.60. The van der Waals surface area contributed by atoms with E-state index in [1.165, 1.54) is 25.7 Å². The molecule has 70 valence electrons. The minimum atomic E-state index is 0.512. The molecule has 0 aromatic heterocycles. The van der Waals surface area contributed by atoms with Gasteiger partial charge in [0.2, 0.25) is 0 Å². The molecule has 0 saturated carbocycles. The average Bonchev–Trinajstić information content (AvgIpc) is 2.55. The van der Waals surface area contributed by atoms with Gasteiger partial charge in [-0.2, -0.15) is 0 Å². The van der Waals surface area contributed by atoms with Gasteiger partial charge in [-0.3, -0.25) is 0 Å². The van der Waals surface area contributed by atoms with Crippen LogP contribution in [0.15, 0.2) is 12.2 Å². The summed E-state index contributed by atoms with van der Waals surface area (Å²) in [6, 6.07) is 0. The summed E-state index contributed by atoms with van der Waals surface area (Å²) in [6.07, 6.45) is 9.54. The Morgan fingerprint density at radius 3 is 2.58 bits per heavy atom. The van der Waals surface area contributed by atoms with Crippen LogP contribution in [0.5, 0.6) is 0 Å². The maximum Gasteiger partial charge on any atom is 0.0462 e. The van der Waals surface area contributed by atoms with Gasteiger partial charge < -0.3 is 4.74 Å². The number of hydrogen-bond acceptors (Lipinski definition) is 1. The van der Waals surface area contributed by atoms with E-state index in [1.807, 2.05) is 0 Å². The first-order chi connectivity index (χ1) is 5.83. The normalized spacial score (nSPS) is 20.2. The first-order valence-electron chi connectivity index (χ1n) is 4.53. The Balaban J connectivity index is 2.25. The molecule has 0 fully saturated rings. The zero-order valence-electron chi connectivity index (χ0n) is 7.68. The second-order valence-corrected chi connectivity index (χ2v) is 4.17. The quantitative estimate of drug-likeness (QED) is 0.402. The molecule has 0 spiro atoms. The summed E-state index contributed by atoms with van der Waals surface area (Å²) in [5.74, 6) is 0. The Kier molecular flexibility index (Phi) is 4.30. The summed E-state index contributed by atoms with van der Waals surface area (Å²) in [7, 11) is 1.77. The molecule has 1 aliphatic rings. The van der Waals surface area contributed by atoms with Crippen molar-refractivity contribution in [3.63, 3.8) is 0 Å². The molecule has 0 bridgehead atoms. The predicted molar refractivity (Wildman–Crippen MR) is 55.7 cm³/mol. The molecule has 2 heteroatoms. The van der Waals surface area contributed by atoms with Gasteiger partial charge in [0.25, 0.3) is 0 Å². The fourth-order valence-corrected chi connectivity index (χ4v) is 2.46. The van der Waals surface area contributed by atoms with Crippen LogP contribution in [0.2, 0.25) is 0 Å². The van der Waals surface area contributed by atoms with Crippen molar-refractivity contribution in [3.05, 3.63) is 12.2 Å². The topological polar surface area (TPSA) is 9.23 Å². The van der Waals surface area contributed by atoms with Crippen LogP contribution in [0.1, 0.15) is 25.7 Å². The molecular formula is C10H17BrO. The molecule has 0 atom stereocenters. The standard InChI is InChI=1S/C10H17BrO/c1-12-8-4-7-10(9-11)5-2-3-6-10/h2-3H,4-9H2,1H3. The van der Waals surface area contributed by atoms with Crippen molar-refractivity contribution in [2.45, 2.75) is 25.7 Å². The highest BCUT2D eigenvalue weighted by Gasteiger charge is 2.28. The van der Waals surface area contributed by atoms with Crippen LogP contribution in [-0.4, -0.2) is 19.0 Å². The van der Waals surface area contributed by atoms with Crippen molar-refractivity contribution in [3.8, 4) is 0 Å². The second kappa shape index (κ2) is 5.03. The molecule has 0 aliphatic heterocycles. The minimum Gasteiger partial charge on any atom is -0.385 e. The number of allylic oxidation sites excluding steroid dienone is 2. The van der Waals surface area contributed by atoms with Crippen LogP contribution in [0.25, 0.3) is 0 Å². The second-order valence-electron chi connectivity index (χ2n) is 3.61. The smallest absolute Gasteiger partial charge is 0.0462 e. The lowest BCUT2D eigenvalue weighted by Crippen LogP contribution is -2.19. The third-order valence-corrected chi connectivity index (χ3v) is 3.80. The lowest BCUT2D eigenvalue weighted by molar-refractivity contribution is 0.175. The highest BCUT2D eigenvalue weighted by Crippen LogP contribution is 2.39. The van der Waals surface area contributed by atoms with Gasteiger partial charge in [0.05, 0.1) is 0 Å². The summed E-state index contributed by atoms with van der Waals surface area (Å²) >= 11 is 3.60. The summed E-state index contributed by atoms with van der Waals surface area (Å²) < 4.78 is 5.06. The van der Waals surface area contributed by atoms with E-state index in [9.17, 15) is 0 Å². The van der Waals surface area contributed by atoms with Crippen LogP contribution < -0.4 is 0 Å². The maximum absolute atomic E-state index is 5.06. The van der Waals surface area contributed by atoms with Crippen LogP contribution in [0, 0.1) is 5.41 Å². The average molecular weight is 233 g/mol. The number of alkyl halides is 1. The van der Waals surface area contributed by atoms with Crippen LogP contribution in [-0.2, 0) is 4.74 Å². The zero-order valence-corrected chi connectivity index (χ0v) is 9.27. The number of hydrogen-bond donors (Lipinski definition) is 0. The lowest BCUT2D eigenvalue weighted by atomic mass is 9.83. The lowest BCUT2D eigenvalue weighted by Gasteiger charge is -2.26. The molecule has 0 amide bonds. The number of halogens is 1.